The number of piperidine rings is 1. The normalized spacial score (nSPS) is 19.2. The molecule has 1 fully saturated rings. The summed E-state index contributed by atoms with van der Waals surface area (Å²) in [7, 11) is -3.31. The van der Waals surface area contributed by atoms with Gasteiger partial charge in [-0.3, -0.25) is 9.59 Å². The second-order valence-electron chi connectivity index (χ2n) is 10.5. The van der Waals surface area contributed by atoms with Crippen LogP contribution in [0.4, 0.5) is 0 Å². The zero-order chi connectivity index (χ0) is 25.3. The molecule has 0 aliphatic carbocycles. The molecule has 7 nitrogen and oxygen atoms in total. The fraction of sp³-hybridized carbons (Fsp3) is 0.481. The van der Waals surface area contributed by atoms with E-state index in [1.807, 2.05) is 30.3 Å². The summed E-state index contributed by atoms with van der Waals surface area (Å²) in [5.74, 6) is -0.389. The Labute approximate surface area is 208 Å². The van der Waals surface area contributed by atoms with Gasteiger partial charge in [0.15, 0.2) is 9.84 Å². The van der Waals surface area contributed by atoms with Crippen LogP contribution in [0.25, 0.3) is 0 Å². The van der Waals surface area contributed by atoms with Crippen LogP contribution in [0.3, 0.4) is 0 Å². The molecule has 1 spiro atoms. The van der Waals surface area contributed by atoms with Crippen molar-refractivity contribution in [2.45, 2.75) is 67.8 Å². The molecule has 2 heterocycles. The number of hydrogen-bond acceptors (Lipinski definition) is 5. The predicted molar refractivity (Wildman–Crippen MR) is 136 cm³/mol. The van der Waals surface area contributed by atoms with Gasteiger partial charge >= 0.3 is 0 Å². The number of sulfone groups is 1. The molecule has 0 radical (unpaired) electrons. The van der Waals surface area contributed by atoms with Gasteiger partial charge in [-0.2, -0.15) is 0 Å². The van der Waals surface area contributed by atoms with Crippen molar-refractivity contribution < 1.29 is 18.0 Å². The number of likely N-dealkylation sites (tertiary alicyclic amines) is 1. The average Bonchev–Trinajstić information content (AvgIpc) is 3.05. The molecule has 0 bridgehead atoms. The fourth-order valence-corrected chi connectivity index (χ4v) is 7.47. The van der Waals surface area contributed by atoms with Gasteiger partial charge in [0.25, 0.3) is 0 Å². The standard InChI is InChI=1S/C27H35N3O4S/c1-26(2,28)25(32)29-22(13-8-11-20-9-4-3-5-10-20)24(31)30-17-15-27(16-18-30)19-35(33,34)23-14-7-6-12-21(23)27/h3-7,9-10,12,14,22H,8,11,13,15-19,28H2,1-2H3,(H,29,32)/t22-/m1/s1. The summed E-state index contributed by atoms with van der Waals surface area (Å²) in [5, 5.41) is 2.88. The predicted octanol–water partition coefficient (Wildman–Crippen LogP) is 2.58. The van der Waals surface area contributed by atoms with Gasteiger partial charge in [0.05, 0.1) is 16.2 Å². The largest absolute Gasteiger partial charge is 0.343 e. The van der Waals surface area contributed by atoms with E-state index in [1.165, 1.54) is 5.56 Å². The first-order valence-electron chi connectivity index (χ1n) is 12.3. The number of benzene rings is 2. The first-order chi connectivity index (χ1) is 16.5. The maximum atomic E-state index is 13.5. The molecule has 0 unspecified atom stereocenters. The first kappa shape index (κ1) is 25.4. The lowest BCUT2D eigenvalue weighted by Gasteiger charge is -2.40. The van der Waals surface area contributed by atoms with Gasteiger partial charge in [-0.1, -0.05) is 48.5 Å². The third kappa shape index (κ3) is 5.43. The van der Waals surface area contributed by atoms with E-state index < -0.39 is 26.8 Å². The van der Waals surface area contributed by atoms with Crippen LogP contribution < -0.4 is 11.1 Å². The van der Waals surface area contributed by atoms with Crippen LogP contribution in [0.15, 0.2) is 59.5 Å². The van der Waals surface area contributed by atoms with Gasteiger partial charge in [0.1, 0.15) is 6.04 Å². The second kappa shape index (κ2) is 9.74. The molecule has 3 N–H and O–H groups in total. The third-order valence-corrected chi connectivity index (χ3v) is 9.24. The van der Waals surface area contributed by atoms with Crippen molar-refractivity contribution in [2.24, 2.45) is 5.73 Å². The number of nitrogens with one attached hydrogen (secondary N) is 1. The molecule has 35 heavy (non-hydrogen) atoms. The number of carbonyl (C=O) groups excluding carboxylic acids is 2. The number of nitrogens with two attached hydrogens (primary N) is 1. The van der Waals surface area contributed by atoms with Crippen LogP contribution in [0.5, 0.6) is 0 Å². The van der Waals surface area contributed by atoms with E-state index in [4.69, 9.17) is 5.73 Å². The molecule has 8 heteroatoms. The fourth-order valence-electron chi connectivity index (χ4n) is 5.24. The van der Waals surface area contributed by atoms with Crippen molar-refractivity contribution in [3.05, 3.63) is 65.7 Å². The van der Waals surface area contributed by atoms with Crippen LogP contribution in [0, 0.1) is 0 Å². The minimum Gasteiger partial charge on any atom is -0.343 e. The molecule has 1 saturated heterocycles. The maximum absolute atomic E-state index is 13.5. The van der Waals surface area contributed by atoms with Crippen LogP contribution in [0.2, 0.25) is 0 Å². The van der Waals surface area contributed by atoms with Gasteiger partial charge in [-0.15, -0.1) is 0 Å². The summed E-state index contributed by atoms with van der Waals surface area (Å²) in [5.41, 5.74) is 6.51. The molecule has 188 valence electrons. The smallest absolute Gasteiger partial charge is 0.245 e. The number of fused-ring (bicyclic) bond motifs is 2. The summed E-state index contributed by atoms with van der Waals surface area (Å²) in [6.07, 6.45) is 3.23. The highest BCUT2D eigenvalue weighted by Crippen LogP contribution is 2.46. The van der Waals surface area contributed by atoms with Crippen LogP contribution in [-0.4, -0.2) is 55.6 Å². The summed E-state index contributed by atoms with van der Waals surface area (Å²) < 4.78 is 25.5. The number of amides is 2. The van der Waals surface area contributed by atoms with Crippen molar-refractivity contribution in [1.82, 2.24) is 10.2 Å². The molecule has 2 aliphatic heterocycles. The highest BCUT2D eigenvalue weighted by molar-refractivity contribution is 7.91. The molecule has 2 amide bonds. The van der Waals surface area contributed by atoms with Crippen LogP contribution in [-0.2, 0) is 31.3 Å². The molecular weight excluding hydrogens is 462 g/mol. The molecule has 0 saturated carbocycles. The first-order valence-corrected chi connectivity index (χ1v) is 13.9. The zero-order valence-corrected chi connectivity index (χ0v) is 21.3. The molecule has 2 aliphatic rings. The Hall–Kier alpha value is -2.71. The third-order valence-electron chi connectivity index (χ3n) is 7.28. The number of hydrogen-bond donors (Lipinski definition) is 2. The van der Waals surface area contributed by atoms with Crippen molar-refractivity contribution >= 4 is 21.7 Å². The maximum Gasteiger partial charge on any atom is 0.245 e. The quantitative estimate of drug-likeness (QED) is 0.611. The SMILES string of the molecule is CC(C)(N)C(=O)N[C@H](CCCc1ccccc1)C(=O)N1CCC2(CC1)CS(=O)(=O)c1ccccc12. The van der Waals surface area contributed by atoms with Crippen molar-refractivity contribution in [3.8, 4) is 0 Å². The van der Waals surface area contributed by atoms with E-state index in [2.05, 4.69) is 17.4 Å². The summed E-state index contributed by atoms with van der Waals surface area (Å²) in [4.78, 5) is 28.4. The lowest BCUT2D eigenvalue weighted by molar-refractivity contribution is -0.139. The Balaban J connectivity index is 1.45. The molecule has 2 aromatic rings. The topological polar surface area (TPSA) is 110 Å². The average molecular weight is 498 g/mol. The Bertz CT molecular complexity index is 1180. The summed E-state index contributed by atoms with van der Waals surface area (Å²) in [6.45, 7) is 4.16. The Morgan fingerprint density at radius 1 is 1.06 bits per heavy atom. The molecule has 0 aromatic heterocycles. The van der Waals surface area contributed by atoms with Crippen molar-refractivity contribution in [3.63, 3.8) is 0 Å². The minimum absolute atomic E-state index is 0.0972. The number of nitrogens with zero attached hydrogens (tertiary/aromatic N) is 1. The summed E-state index contributed by atoms with van der Waals surface area (Å²) in [6, 6.07) is 16.6. The van der Waals surface area contributed by atoms with E-state index in [9.17, 15) is 18.0 Å². The monoisotopic (exact) mass is 497 g/mol. The van der Waals surface area contributed by atoms with E-state index in [-0.39, 0.29) is 17.6 Å². The second-order valence-corrected chi connectivity index (χ2v) is 12.4. The highest BCUT2D eigenvalue weighted by Gasteiger charge is 2.49. The molecule has 2 aromatic carbocycles. The highest BCUT2D eigenvalue weighted by atomic mass is 32.2. The van der Waals surface area contributed by atoms with Gasteiger partial charge < -0.3 is 16.0 Å². The van der Waals surface area contributed by atoms with Crippen molar-refractivity contribution in [2.75, 3.05) is 18.8 Å². The van der Waals surface area contributed by atoms with Gasteiger partial charge in [0.2, 0.25) is 11.8 Å². The Kier molecular flexibility index (Phi) is 7.06. The van der Waals surface area contributed by atoms with Gasteiger partial charge in [0, 0.05) is 18.5 Å². The Morgan fingerprint density at radius 2 is 1.69 bits per heavy atom. The van der Waals surface area contributed by atoms with Gasteiger partial charge in [-0.25, -0.2) is 8.42 Å². The zero-order valence-electron chi connectivity index (χ0n) is 20.5. The number of aryl methyl sites for hydroxylation is 1. The number of carbonyl (C=O) groups is 2. The van der Waals surface area contributed by atoms with Crippen LogP contribution in [0.1, 0.15) is 50.7 Å². The number of rotatable bonds is 7. The van der Waals surface area contributed by atoms with E-state index in [0.717, 1.165) is 18.4 Å². The molecule has 1 atom stereocenters. The minimum atomic E-state index is -3.31. The Morgan fingerprint density at radius 3 is 2.34 bits per heavy atom. The van der Waals surface area contributed by atoms with Crippen LogP contribution >= 0.6 is 0 Å². The lowest BCUT2D eigenvalue weighted by atomic mass is 9.74. The lowest BCUT2D eigenvalue weighted by Crippen LogP contribution is -2.57. The van der Waals surface area contributed by atoms with E-state index in [1.54, 1.807) is 30.9 Å². The van der Waals surface area contributed by atoms with Gasteiger partial charge in [-0.05, 0) is 63.1 Å². The molecular formula is C27H35N3O4S. The van der Waals surface area contributed by atoms with Crippen molar-refractivity contribution in [1.29, 1.82) is 0 Å². The summed E-state index contributed by atoms with van der Waals surface area (Å²) >= 11 is 0. The van der Waals surface area contributed by atoms with E-state index in [0.29, 0.717) is 37.2 Å². The molecule has 4 rings (SSSR count). The van der Waals surface area contributed by atoms with E-state index >= 15 is 0 Å².